The van der Waals surface area contributed by atoms with Crippen molar-refractivity contribution in [2.24, 2.45) is 0 Å². The fourth-order valence-corrected chi connectivity index (χ4v) is 3.69. The van der Waals surface area contributed by atoms with Crippen LogP contribution in [0.2, 0.25) is 0 Å². The number of likely N-dealkylation sites (N-methyl/N-ethyl adjacent to an activating group) is 1. The smallest absolute Gasteiger partial charge is 0.247 e. The third kappa shape index (κ3) is 5.23. The first kappa shape index (κ1) is 20.8. The highest BCUT2D eigenvalue weighted by molar-refractivity contribution is 7.92. The van der Waals surface area contributed by atoms with Crippen LogP contribution >= 0.6 is 0 Å². The molecule has 0 atom stereocenters. The van der Waals surface area contributed by atoms with Gasteiger partial charge in [-0.25, -0.2) is 8.42 Å². The molecule has 0 aliphatic carbocycles. The molecule has 0 saturated carbocycles. The van der Waals surface area contributed by atoms with Crippen molar-refractivity contribution in [1.82, 2.24) is 0 Å². The van der Waals surface area contributed by atoms with Gasteiger partial charge in [0.1, 0.15) is 6.54 Å². The zero-order valence-corrected chi connectivity index (χ0v) is 17.1. The van der Waals surface area contributed by atoms with Gasteiger partial charge in [0.15, 0.2) is 0 Å². The number of hydrogen-bond acceptors (Lipinski definition) is 4. The Morgan fingerprint density at radius 1 is 0.852 bits per heavy atom. The number of anilines is 3. The van der Waals surface area contributed by atoms with Crippen LogP contribution in [-0.4, -0.2) is 47.3 Å². The minimum absolute atomic E-state index is 0.255. The molecule has 0 spiro atoms. The maximum absolute atomic E-state index is 12.7. The van der Waals surface area contributed by atoms with E-state index in [0.717, 1.165) is 29.3 Å². The van der Waals surface area contributed by atoms with Crippen LogP contribution in [0.15, 0.2) is 54.6 Å². The topological polar surface area (TPSA) is 60.9 Å². The Hall–Kier alpha value is -2.54. The van der Waals surface area contributed by atoms with Crippen LogP contribution in [0.4, 0.5) is 17.1 Å². The lowest BCUT2D eigenvalue weighted by Crippen LogP contribution is -2.41. The first-order valence-corrected chi connectivity index (χ1v) is 10.8. The third-order valence-electron chi connectivity index (χ3n) is 4.46. The van der Waals surface area contributed by atoms with Gasteiger partial charge < -0.3 is 9.80 Å². The summed E-state index contributed by atoms with van der Waals surface area (Å²) in [7, 11) is -1.96. The Bertz CT molecular complexity index is 848. The second kappa shape index (κ2) is 8.90. The molecule has 2 aromatic carbocycles. The zero-order valence-electron chi connectivity index (χ0n) is 16.3. The zero-order chi connectivity index (χ0) is 20.0. The number of carbonyl (C=O) groups is 1. The van der Waals surface area contributed by atoms with Crippen molar-refractivity contribution in [3.8, 4) is 0 Å². The Labute approximate surface area is 162 Å². The molecule has 0 aromatic heterocycles. The molecular formula is C20H27N3O3S. The average molecular weight is 390 g/mol. The van der Waals surface area contributed by atoms with Crippen LogP contribution in [0.3, 0.4) is 0 Å². The van der Waals surface area contributed by atoms with Gasteiger partial charge in [0.05, 0.1) is 11.9 Å². The maximum atomic E-state index is 12.7. The minimum atomic E-state index is -3.60. The van der Waals surface area contributed by atoms with Crippen LogP contribution in [0, 0.1) is 0 Å². The Balaban J connectivity index is 2.25. The van der Waals surface area contributed by atoms with Crippen molar-refractivity contribution in [1.29, 1.82) is 0 Å². The predicted octanol–water partition coefficient (Wildman–Crippen LogP) is 2.96. The van der Waals surface area contributed by atoms with Gasteiger partial charge in [-0.05, 0) is 50.2 Å². The van der Waals surface area contributed by atoms with Crippen LogP contribution in [0.25, 0.3) is 0 Å². The molecule has 0 bridgehead atoms. The molecule has 0 fully saturated rings. The molecule has 0 radical (unpaired) electrons. The molecule has 7 heteroatoms. The standard InChI is InChI=1S/C20H27N3O3S/c1-5-22(6-2)18-12-14-19(15-13-18)23(27(4,25)26)16-20(24)21(3)17-10-8-7-9-11-17/h7-15H,5-6,16H2,1-4H3. The summed E-state index contributed by atoms with van der Waals surface area (Å²) in [4.78, 5) is 16.3. The molecule has 2 rings (SSSR count). The van der Waals surface area contributed by atoms with Gasteiger partial charge >= 0.3 is 0 Å². The fraction of sp³-hybridized carbons (Fsp3) is 0.350. The highest BCUT2D eigenvalue weighted by atomic mass is 32.2. The minimum Gasteiger partial charge on any atom is -0.372 e. The molecule has 0 saturated heterocycles. The molecule has 146 valence electrons. The lowest BCUT2D eigenvalue weighted by Gasteiger charge is -2.26. The largest absolute Gasteiger partial charge is 0.372 e. The number of para-hydroxylation sites is 1. The Kier molecular flexibility index (Phi) is 6.85. The van der Waals surface area contributed by atoms with Gasteiger partial charge in [0.25, 0.3) is 0 Å². The van der Waals surface area contributed by atoms with E-state index in [4.69, 9.17) is 0 Å². The van der Waals surface area contributed by atoms with E-state index in [1.54, 1.807) is 19.2 Å². The Morgan fingerprint density at radius 3 is 1.85 bits per heavy atom. The Morgan fingerprint density at radius 2 is 1.37 bits per heavy atom. The number of sulfonamides is 1. The van der Waals surface area contributed by atoms with E-state index in [9.17, 15) is 13.2 Å². The summed E-state index contributed by atoms with van der Waals surface area (Å²) in [5, 5.41) is 0. The molecule has 0 N–H and O–H groups in total. The summed E-state index contributed by atoms with van der Waals surface area (Å²) in [5.41, 5.74) is 2.21. The number of carbonyl (C=O) groups excluding carboxylic acids is 1. The number of benzene rings is 2. The van der Waals surface area contributed by atoms with Crippen molar-refractivity contribution in [3.63, 3.8) is 0 Å². The molecule has 1 amide bonds. The van der Waals surface area contributed by atoms with Crippen molar-refractivity contribution >= 4 is 33.0 Å². The first-order chi connectivity index (χ1) is 12.8. The lowest BCUT2D eigenvalue weighted by molar-refractivity contribution is -0.116. The molecule has 27 heavy (non-hydrogen) atoms. The maximum Gasteiger partial charge on any atom is 0.247 e. The van der Waals surface area contributed by atoms with Crippen molar-refractivity contribution in [2.45, 2.75) is 13.8 Å². The first-order valence-electron chi connectivity index (χ1n) is 8.92. The third-order valence-corrected chi connectivity index (χ3v) is 5.60. The van der Waals surface area contributed by atoms with Crippen molar-refractivity contribution in [3.05, 3.63) is 54.6 Å². The SMILES string of the molecule is CCN(CC)c1ccc(N(CC(=O)N(C)c2ccccc2)S(C)(=O)=O)cc1. The monoisotopic (exact) mass is 389 g/mol. The van der Waals surface area contributed by atoms with E-state index >= 15 is 0 Å². The number of amides is 1. The van der Waals surface area contributed by atoms with Gasteiger partial charge in [-0.1, -0.05) is 18.2 Å². The van der Waals surface area contributed by atoms with Gasteiger partial charge in [0, 0.05) is 31.5 Å². The number of rotatable bonds is 8. The van der Waals surface area contributed by atoms with Gasteiger partial charge in [-0.15, -0.1) is 0 Å². The summed E-state index contributed by atoms with van der Waals surface area (Å²) in [6, 6.07) is 16.4. The van der Waals surface area contributed by atoms with E-state index in [2.05, 4.69) is 18.7 Å². The summed E-state index contributed by atoms with van der Waals surface area (Å²) in [5.74, 6) is -0.306. The quantitative estimate of drug-likeness (QED) is 0.696. The van der Waals surface area contributed by atoms with Crippen molar-refractivity contribution in [2.75, 3.05) is 47.0 Å². The lowest BCUT2D eigenvalue weighted by atomic mass is 10.2. The molecule has 0 aliphatic rings. The van der Waals surface area contributed by atoms with E-state index in [1.165, 1.54) is 4.90 Å². The summed E-state index contributed by atoms with van der Waals surface area (Å²) >= 11 is 0. The van der Waals surface area contributed by atoms with Crippen LogP contribution in [-0.2, 0) is 14.8 Å². The van der Waals surface area contributed by atoms with Gasteiger partial charge in [-0.3, -0.25) is 9.10 Å². The highest BCUT2D eigenvalue weighted by Crippen LogP contribution is 2.23. The summed E-state index contributed by atoms with van der Waals surface area (Å²) in [6.07, 6.45) is 1.11. The van der Waals surface area contributed by atoms with Crippen LogP contribution in [0.1, 0.15) is 13.8 Å². The van der Waals surface area contributed by atoms with E-state index < -0.39 is 10.0 Å². The molecule has 2 aromatic rings. The predicted molar refractivity (Wildman–Crippen MR) is 112 cm³/mol. The molecule has 6 nitrogen and oxygen atoms in total. The summed E-state index contributed by atoms with van der Waals surface area (Å²) in [6.45, 7) is 5.61. The van der Waals surface area contributed by atoms with Crippen LogP contribution < -0.4 is 14.1 Å². The second-order valence-electron chi connectivity index (χ2n) is 6.25. The van der Waals surface area contributed by atoms with Crippen LogP contribution in [0.5, 0.6) is 0 Å². The van der Waals surface area contributed by atoms with E-state index in [1.807, 2.05) is 42.5 Å². The fourth-order valence-electron chi connectivity index (χ4n) is 2.84. The van der Waals surface area contributed by atoms with Gasteiger partial charge in [0.2, 0.25) is 15.9 Å². The van der Waals surface area contributed by atoms with E-state index in [-0.39, 0.29) is 12.5 Å². The molecule has 0 unspecified atom stereocenters. The average Bonchev–Trinajstić information content (AvgIpc) is 2.67. The normalized spacial score (nSPS) is 11.1. The van der Waals surface area contributed by atoms with Crippen molar-refractivity contribution < 1.29 is 13.2 Å². The highest BCUT2D eigenvalue weighted by Gasteiger charge is 2.23. The molecule has 0 heterocycles. The molecule has 0 aliphatic heterocycles. The summed E-state index contributed by atoms with van der Waals surface area (Å²) < 4.78 is 25.7. The number of hydrogen-bond donors (Lipinski definition) is 0. The van der Waals surface area contributed by atoms with E-state index in [0.29, 0.717) is 11.4 Å². The second-order valence-corrected chi connectivity index (χ2v) is 8.15. The molecular weight excluding hydrogens is 362 g/mol. The number of nitrogens with zero attached hydrogens (tertiary/aromatic N) is 3. The van der Waals surface area contributed by atoms with Gasteiger partial charge in [-0.2, -0.15) is 0 Å².